The van der Waals surface area contributed by atoms with Crippen LogP contribution in [0.3, 0.4) is 0 Å². The summed E-state index contributed by atoms with van der Waals surface area (Å²) >= 11 is 0. The predicted molar refractivity (Wildman–Crippen MR) is 81.9 cm³/mol. The monoisotopic (exact) mass is 267 g/mol. The van der Waals surface area contributed by atoms with Gasteiger partial charge in [0.1, 0.15) is 0 Å². The Morgan fingerprint density at radius 2 is 1.85 bits per heavy atom. The van der Waals surface area contributed by atoms with Gasteiger partial charge in [0.25, 0.3) is 0 Å². The number of rotatable bonds is 5. The first kappa shape index (κ1) is 14.4. The molecule has 0 amide bonds. The van der Waals surface area contributed by atoms with Crippen molar-refractivity contribution in [2.45, 2.75) is 33.1 Å². The Hall–Kier alpha value is -1.96. The summed E-state index contributed by atoms with van der Waals surface area (Å²) in [7, 11) is 0. The molecule has 104 valence electrons. The van der Waals surface area contributed by atoms with E-state index in [-0.39, 0.29) is 11.7 Å². The number of aromatic nitrogens is 1. The van der Waals surface area contributed by atoms with Crippen molar-refractivity contribution in [3.8, 4) is 0 Å². The quantitative estimate of drug-likeness (QED) is 0.751. The van der Waals surface area contributed by atoms with Crippen molar-refractivity contribution in [1.29, 1.82) is 0 Å². The number of nitrogens with zero attached hydrogens (tertiary/aromatic N) is 1. The minimum Gasteiger partial charge on any atom is -0.293 e. The molecule has 2 rings (SSSR count). The number of carbonyl (C=O) groups excluding carboxylic acids is 1. The van der Waals surface area contributed by atoms with Crippen LogP contribution < -0.4 is 0 Å². The maximum absolute atomic E-state index is 12.8. The van der Waals surface area contributed by atoms with E-state index >= 15 is 0 Å². The minimum absolute atomic E-state index is 0.0919. The zero-order valence-electron chi connectivity index (χ0n) is 12.3. The molecular formula is C18H21NO. The van der Waals surface area contributed by atoms with E-state index in [0.29, 0.717) is 11.5 Å². The van der Waals surface area contributed by atoms with Crippen LogP contribution in [0.2, 0.25) is 0 Å². The lowest BCUT2D eigenvalue weighted by molar-refractivity contribution is 0.0931. The molecule has 0 radical (unpaired) electrons. The maximum atomic E-state index is 12.8. The molecule has 2 unspecified atom stereocenters. The van der Waals surface area contributed by atoms with Crippen LogP contribution in [0.5, 0.6) is 0 Å². The lowest BCUT2D eigenvalue weighted by Gasteiger charge is -2.22. The van der Waals surface area contributed by atoms with Gasteiger partial charge < -0.3 is 0 Å². The molecule has 0 aliphatic rings. The van der Waals surface area contributed by atoms with Crippen LogP contribution in [0.15, 0.2) is 48.7 Å². The van der Waals surface area contributed by atoms with Crippen molar-refractivity contribution < 1.29 is 4.79 Å². The number of carbonyl (C=O) groups is 1. The normalized spacial score (nSPS) is 13.8. The summed E-state index contributed by atoms with van der Waals surface area (Å²) in [4.78, 5) is 17.1. The van der Waals surface area contributed by atoms with Crippen molar-refractivity contribution in [2.75, 3.05) is 0 Å². The van der Waals surface area contributed by atoms with E-state index in [2.05, 4.69) is 18.8 Å². The van der Waals surface area contributed by atoms with Crippen LogP contribution in [0.4, 0.5) is 0 Å². The third kappa shape index (κ3) is 3.13. The van der Waals surface area contributed by atoms with Gasteiger partial charge in [-0.1, -0.05) is 50.6 Å². The number of Topliss-reactive ketones (excluding diaryl/α,β-unsaturated/α-hetero) is 1. The molecule has 1 aromatic carbocycles. The Morgan fingerprint density at radius 3 is 2.40 bits per heavy atom. The lowest BCUT2D eigenvalue weighted by atomic mass is 9.80. The summed E-state index contributed by atoms with van der Waals surface area (Å²) in [6, 6.07) is 13.8. The smallest absolute Gasteiger partial charge is 0.172 e. The molecule has 0 aliphatic carbocycles. The predicted octanol–water partition coefficient (Wildman–Crippen LogP) is 4.40. The molecule has 2 aromatic rings. The summed E-state index contributed by atoms with van der Waals surface area (Å²) in [6.07, 6.45) is 2.67. The second kappa shape index (κ2) is 6.47. The first-order valence-electron chi connectivity index (χ1n) is 7.15. The molecule has 2 heteroatoms. The van der Waals surface area contributed by atoms with Crippen LogP contribution in [0.25, 0.3) is 0 Å². The highest BCUT2D eigenvalue weighted by Crippen LogP contribution is 2.30. The number of hydrogen-bond acceptors (Lipinski definition) is 2. The van der Waals surface area contributed by atoms with Crippen molar-refractivity contribution in [2.24, 2.45) is 5.92 Å². The van der Waals surface area contributed by atoms with E-state index in [1.807, 2.05) is 49.4 Å². The van der Waals surface area contributed by atoms with E-state index < -0.39 is 0 Å². The fourth-order valence-corrected chi connectivity index (χ4v) is 2.43. The van der Waals surface area contributed by atoms with Gasteiger partial charge >= 0.3 is 0 Å². The Bertz CT molecular complexity index is 560. The highest BCUT2D eigenvalue weighted by atomic mass is 16.1. The molecule has 2 nitrogen and oxygen atoms in total. The molecule has 1 heterocycles. The van der Waals surface area contributed by atoms with Crippen LogP contribution in [-0.2, 0) is 0 Å². The Kier molecular flexibility index (Phi) is 4.67. The van der Waals surface area contributed by atoms with Gasteiger partial charge in [-0.05, 0) is 30.5 Å². The third-order valence-electron chi connectivity index (χ3n) is 3.85. The van der Waals surface area contributed by atoms with E-state index in [1.165, 1.54) is 0 Å². The van der Waals surface area contributed by atoms with E-state index in [4.69, 9.17) is 0 Å². The zero-order chi connectivity index (χ0) is 14.5. The first-order valence-corrected chi connectivity index (χ1v) is 7.15. The topological polar surface area (TPSA) is 30.0 Å². The van der Waals surface area contributed by atoms with Crippen molar-refractivity contribution in [3.05, 3.63) is 65.5 Å². The van der Waals surface area contributed by atoms with Crippen molar-refractivity contribution in [3.63, 3.8) is 0 Å². The standard InChI is InChI=1S/C18H21NO/c1-4-13(2)17(15-8-6-5-7-9-15)18(20)16-11-10-14(3)19-12-16/h5-13,17H,4H2,1-3H3. The molecule has 0 spiro atoms. The average molecular weight is 267 g/mol. The summed E-state index contributed by atoms with van der Waals surface area (Å²) in [6.45, 7) is 6.19. The van der Waals surface area contributed by atoms with Gasteiger partial charge in [0.05, 0.1) is 0 Å². The first-order chi connectivity index (χ1) is 9.63. The molecular weight excluding hydrogens is 246 g/mol. The highest BCUT2D eigenvalue weighted by molar-refractivity contribution is 6.00. The van der Waals surface area contributed by atoms with E-state index in [0.717, 1.165) is 17.7 Å². The summed E-state index contributed by atoms with van der Waals surface area (Å²) in [5.74, 6) is 0.384. The van der Waals surface area contributed by atoms with Crippen LogP contribution in [0.1, 0.15) is 47.8 Å². The number of hydrogen-bond donors (Lipinski definition) is 0. The van der Waals surface area contributed by atoms with Gasteiger partial charge in [-0.25, -0.2) is 0 Å². The Morgan fingerprint density at radius 1 is 1.15 bits per heavy atom. The van der Waals surface area contributed by atoms with Crippen LogP contribution in [-0.4, -0.2) is 10.8 Å². The van der Waals surface area contributed by atoms with Crippen LogP contribution >= 0.6 is 0 Å². The van der Waals surface area contributed by atoms with E-state index in [9.17, 15) is 4.79 Å². The molecule has 2 atom stereocenters. The Balaban J connectivity index is 2.36. The number of ketones is 1. The van der Waals surface area contributed by atoms with E-state index in [1.54, 1.807) is 6.20 Å². The molecule has 0 N–H and O–H groups in total. The Labute approximate surface area is 120 Å². The number of pyridine rings is 1. The number of benzene rings is 1. The second-order valence-corrected chi connectivity index (χ2v) is 5.33. The largest absolute Gasteiger partial charge is 0.293 e. The van der Waals surface area contributed by atoms with Gasteiger partial charge in [0, 0.05) is 23.4 Å². The van der Waals surface area contributed by atoms with Crippen molar-refractivity contribution in [1.82, 2.24) is 4.98 Å². The number of aryl methyl sites for hydroxylation is 1. The molecule has 20 heavy (non-hydrogen) atoms. The fraction of sp³-hybridized carbons (Fsp3) is 0.333. The molecule has 0 saturated carbocycles. The molecule has 0 fully saturated rings. The molecule has 0 bridgehead atoms. The zero-order valence-corrected chi connectivity index (χ0v) is 12.3. The van der Waals surface area contributed by atoms with Gasteiger partial charge in [0.15, 0.2) is 5.78 Å². The van der Waals surface area contributed by atoms with Gasteiger partial charge in [0.2, 0.25) is 0 Å². The summed E-state index contributed by atoms with van der Waals surface area (Å²) < 4.78 is 0. The SMILES string of the molecule is CCC(C)C(C(=O)c1ccc(C)nc1)c1ccccc1. The summed E-state index contributed by atoms with van der Waals surface area (Å²) in [5.41, 5.74) is 2.72. The highest BCUT2D eigenvalue weighted by Gasteiger charge is 2.26. The minimum atomic E-state index is -0.0919. The van der Waals surface area contributed by atoms with Crippen LogP contribution in [0, 0.1) is 12.8 Å². The summed E-state index contributed by atoms with van der Waals surface area (Å²) in [5, 5.41) is 0. The molecule has 1 aromatic heterocycles. The van der Waals surface area contributed by atoms with Gasteiger partial charge in [-0.2, -0.15) is 0 Å². The van der Waals surface area contributed by atoms with Gasteiger partial charge in [-0.3, -0.25) is 9.78 Å². The molecule has 0 aliphatic heterocycles. The maximum Gasteiger partial charge on any atom is 0.172 e. The molecule has 0 saturated heterocycles. The lowest BCUT2D eigenvalue weighted by Crippen LogP contribution is -2.20. The fourth-order valence-electron chi connectivity index (χ4n) is 2.43. The van der Waals surface area contributed by atoms with Gasteiger partial charge in [-0.15, -0.1) is 0 Å². The third-order valence-corrected chi connectivity index (χ3v) is 3.85. The van der Waals surface area contributed by atoms with Crippen molar-refractivity contribution >= 4 is 5.78 Å². The second-order valence-electron chi connectivity index (χ2n) is 5.33. The average Bonchev–Trinajstić information content (AvgIpc) is 2.49.